The van der Waals surface area contributed by atoms with Crippen molar-refractivity contribution in [3.63, 3.8) is 0 Å². The number of carbonyl (C=O) groups excluding carboxylic acids is 3. The molecule has 0 unspecified atom stereocenters. The highest BCUT2D eigenvalue weighted by atomic mass is 16.6. The molecule has 172 valence electrons. The van der Waals surface area contributed by atoms with Crippen molar-refractivity contribution in [1.82, 2.24) is 20.4 Å². The molecule has 1 aromatic heterocycles. The molecule has 9 heteroatoms. The van der Waals surface area contributed by atoms with Gasteiger partial charge in [0.25, 0.3) is 0 Å². The smallest absolute Gasteiger partial charge is 0.407 e. The molecule has 2 fully saturated rings. The highest BCUT2D eigenvalue weighted by Crippen LogP contribution is 2.25. The van der Waals surface area contributed by atoms with Gasteiger partial charge < -0.3 is 20.7 Å². The van der Waals surface area contributed by atoms with Gasteiger partial charge in [0.2, 0.25) is 11.8 Å². The zero-order valence-corrected chi connectivity index (χ0v) is 18.8. The summed E-state index contributed by atoms with van der Waals surface area (Å²) in [4.78, 5) is 37.3. The zero-order valence-electron chi connectivity index (χ0n) is 18.8. The van der Waals surface area contributed by atoms with Crippen LogP contribution in [0.5, 0.6) is 0 Å². The molecular formula is C22H35N5O4. The Kier molecular flexibility index (Phi) is 7.56. The zero-order chi connectivity index (χ0) is 22.4. The lowest BCUT2D eigenvalue weighted by Crippen LogP contribution is -2.47. The van der Waals surface area contributed by atoms with E-state index >= 15 is 0 Å². The number of carbonyl (C=O) groups is 3. The maximum Gasteiger partial charge on any atom is 0.407 e. The standard InChI is InChI=1S/C22H35N5O4/c1-22(2,3)31-21(30)26-18-9-7-5-4-6-8-17(18)20(29)25-16-12-23-27(13-16)14-19(28)24-15-10-11-15/h12-13,15,17-18H,4-11,14H2,1-3H3,(H,24,28)(H,25,29)(H,26,30)/t17-,18+/m0/s1. The van der Waals surface area contributed by atoms with Gasteiger partial charge in [-0.05, 0) is 46.5 Å². The molecule has 0 aliphatic heterocycles. The fraction of sp³-hybridized carbons (Fsp3) is 0.727. The Hall–Kier alpha value is -2.58. The van der Waals surface area contributed by atoms with E-state index in [1.54, 1.807) is 12.4 Å². The molecule has 0 aromatic carbocycles. The minimum Gasteiger partial charge on any atom is -0.444 e. The normalized spacial score (nSPS) is 22.0. The molecule has 3 N–H and O–H groups in total. The highest BCUT2D eigenvalue weighted by molar-refractivity contribution is 5.93. The SMILES string of the molecule is CC(C)(C)OC(=O)N[C@@H]1CCCCCC[C@@H]1C(=O)Nc1cnn(CC(=O)NC2CC2)c1. The Morgan fingerprint density at radius 1 is 1.06 bits per heavy atom. The van der Waals surface area contributed by atoms with Crippen molar-refractivity contribution >= 4 is 23.6 Å². The molecule has 0 radical (unpaired) electrons. The van der Waals surface area contributed by atoms with Gasteiger partial charge in [-0.1, -0.05) is 25.7 Å². The van der Waals surface area contributed by atoms with E-state index in [1.807, 2.05) is 20.8 Å². The minimum absolute atomic E-state index is 0.0786. The van der Waals surface area contributed by atoms with Gasteiger partial charge in [-0.15, -0.1) is 0 Å². The molecule has 3 rings (SSSR count). The number of alkyl carbamates (subject to hydrolysis) is 1. The summed E-state index contributed by atoms with van der Waals surface area (Å²) < 4.78 is 6.91. The van der Waals surface area contributed by atoms with E-state index in [9.17, 15) is 14.4 Å². The van der Waals surface area contributed by atoms with E-state index in [1.165, 1.54) is 4.68 Å². The van der Waals surface area contributed by atoms with Crippen LogP contribution in [0.2, 0.25) is 0 Å². The fourth-order valence-corrected chi connectivity index (χ4v) is 3.83. The summed E-state index contributed by atoms with van der Waals surface area (Å²) in [5.41, 5.74) is -0.0496. The lowest BCUT2D eigenvalue weighted by atomic mass is 9.86. The summed E-state index contributed by atoms with van der Waals surface area (Å²) in [5, 5.41) is 12.9. The van der Waals surface area contributed by atoms with Crippen LogP contribution in [-0.4, -0.2) is 45.4 Å². The van der Waals surface area contributed by atoms with E-state index in [2.05, 4.69) is 21.0 Å². The first-order valence-corrected chi connectivity index (χ1v) is 11.3. The summed E-state index contributed by atoms with van der Waals surface area (Å²) in [6.07, 6.45) is 10.3. The molecule has 0 saturated heterocycles. The average Bonchev–Trinajstić information content (AvgIpc) is 3.33. The van der Waals surface area contributed by atoms with Crippen LogP contribution in [-0.2, 0) is 20.9 Å². The fourth-order valence-electron chi connectivity index (χ4n) is 3.83. The molecule has 2 aliphatic rings. The molecule has 0 spiro atoms. The van der Waals surface area contributed by atoms with Crippen LogP contribution in [0.15, 0.2) is 12.4 Å². The number of rotatable bonds is 6. The molecule has 0 bridgehead atoms. The average molecular weight is 434 g/mol. The van der Waals surface area contributed by atoms with Crippen LogP contribution in [0.3, 0.4) is 0 Å². The van der Waals surface area contributed by atoms with E-state index in [4.69, 9.17) is 4.74 Å². The second kappa shape index (κ2) is 10.2. The summed E-state index contributed by atoms with van der Waals surface area (Å²) in [5.74, 6) is -0.579. The highest BCUT2D eigenvalue weighted by Gasteiger charge is 2.32. The van der Waals surface area contributed by atoms with Crippen molar-refractivity contribution < 1.29 is 19.1 Å². The maximum atomic E-state index is 13.1. The van der Waals surface area contributed by atoms with Crippen LogP contribution in [0.25, 0.3) is 0 Å². The molecule has 2 atom stereocenters. The Labute approximate surface area is 183 Å². The number of aromatic nitrogens is 2. The second-order valence-electron chi connectivity index (χ2n) is 9.61. The summed E-state index contributed by atoms with van der Waals surface area (Å²) in [7, 11) is 0. The number of ether oxygens (including phenoxy) is 1. The third-order valence-corrected chi connectivity index (χ3v) is 5.45. The number of amides is 3. The minimum atomic E-state index is -0.593. The van der Waals surface area contributed by atoms with Crippen LogP contribution in [0, 0.1) is 5.92 Å². The van der Waals surface area contributed by atoms with E-state index in [0.29, 0.717) is 18.2 Å². The first kappa shape index (κ1) is 23.1. The Balaban J connectivity index is 1.59. The van der Waals surface area contributed by atoms with Gasteiger partial charge >= 0.3 is 6.09 Å². The van der Waals surface area contributed by atoms with Gasteiger partial charge in [0.15, 0.2) is 0 Å². The molecule has 31 heavy (non-hydrogen) atoms. The lowest BCUT2D eigenvalue weighted by Gasteiger charge is -2.30. The summed E-state index contributed by atoms with van der Waals surface area (Å²) in [6.45, 7) is 5.57. The van der Waals surface area contributed by atoms with Crippen LogP contribution < -0.4 is 16.0 Å². The topological polar surface area (TPSA) is 114 Å². The Morgan fingerprint density at radius 3 is 2.45 bits per heavy atom. The van der Waals surface area contributed by atoms with Gasteiger partial charge in [-0.2, -0.15) is 5.10 Å². The predicted octanol–water partition coefficient (Wildman–Crippen LogP) is 2.96. The van der Waals surface area contributed by atoms with Crippen molar-refractivity contribution in [2.45, 2.75) is 96.4 Å². The first-order chi connectivity index (χ1) is 14.7. The van der Waals surface area contributed by atoms with Crippen LogP contribution in [0.1, 0.15) is 72.1 Å². The van der Waals surface area contributed by atoms with Gasteiger partial charge in [0.1, 0.15) is 12.1 Å². The predicted molar refractivity (Wildman–Crippen MR) is 116 cm³/mol. The molecular weight excluding hydrogens is 398 g/mol. The number of nitrogens with zero attached hydrogens (tertiary/aromatic N) is 2. The molecule has 1 aromatic rings. The third-order valence-electron chi connectivity index (χ3n) is 5.45. The monoisotopic (exact) mass is 433 g/mol. The summed E-state index contributed by atoms with van der Waals surface area (Å²) in [6, 6.07) is 0.0190. The van der Waals surface area contributed by atoms with Crippen molar-refractivity contribution in [3.8, 4) is 0 Å². The van der Waals surface area contributed by atoms with Gasteiger partial charge in [-0.3, -0.25) is 14.3 Å². The molecule has 9 nitrogen and oxygen atoms in total. The molecule has 1 heterocycles. The Bertz CT molecular complexity index is 781. The van der Waals surface area contributed by atoms with Gasteiger partial charge in [0.05, 0.1) is 17.8 Å². The quantitative estimate of drug-likeness (QED) is 0.638. The van der Waals surface area contributed by atoms with Crippen molar-refractivity contribution in [1.29, 1.82) is 0 Å². The number of hydrogen-bond acceptors (Lipinski definition) is 5. The van der Waals surface area contributed by atoms with Crippen molar-refractivity contribution in [2.75, 3.05) is 5.32 Å². The largest absolute Gasteiger partial charge is 0.444 e. The van der Waals surface area contributed by atoms with Gasteiger partial charge in [0, 0.05) is 18.3 Å². The molecule has 2 aliphatic carbocycles. The van der Waals surface area contributed by atoms with E-state index in [0.717, 1.165) is 44.9 Å². The summed E-state index contributed by atoms with van der Waals surface area (Å²) >= 11 is 0. The molecule has 3 amide bonds. The molecule has 2 saturated carbocycles. The Morgan fingerprint density at radius 2 is 1.77 bits per heavy atom. The number of anilines is 1. The maximum absolute atomic E-state index is 13.1. The van der Waals surface area contributed by atoms with Crippen LogP contribution in [0.4, 0.5) is 10.5 Å². The third kappa shape index (κ3) is 7.88. The second-order valence-corrected chi connectivity index (χ2v) is 9.61. The van der Waals surface area contributed by atoms with Crippen molar-refractivity contribution in [3.05, 3.63) is 12.4 Å². The van der Waals surface area contributed by atoms with E-state index < -0.39 is 11.7 Å². The lowest BCUT2D eigenvalue weighted by molar-refractivity contribution is -0.122. The van der Waals surface area contributed by atoms with E-state index in [-0.39, 0.29) is 30.3 Å². The van der Waals surface area contributed by atoms with Crippen molar-refractivity contribution in [2.24, 2.45) is 5.92 Å². The number of nitrogens with one attached hydrogen (secondary N) is 3. The first-order valence-electron chi connectivity index (χ1n) is 11.3. The van der Waals surface area contributed by atoms with Crippen LogP contribution >= 0.6 is 0 Å². The van der Waals surface area contributed by atoms with Gasteiger partial charge in [-0.25, -0.2) is 4.79 Å². The number of hydrogen-bond donors (Lipinski definition) is 3.